The molecule has 5 heteroatoms. The van der Waals surface area contributed by atoms with Crippen LogP contribution in [0.25, 0.3) is 0 Å². The van der Waals surface area contributed by atoms with Gasteiger partial charge >= 0.3 is 6.03 Å². The Morgan fingerprint density at radius 3 is 2.37 bits per heavy atom. The van der Waals surface area contributed by atoms with Crippen LogP contribution in [0.5, 0.6) is 0 Å². The molecule has 0 aromatic carbocycles. The van der Waals surface area contributed by atoms with Gasteiger partial charge in [0.25, 0.3) is 5.91 Å². The first-order chi connectivity index (χ1) is 8.63. The third-order valence-corrected chi connectivity index (χ3v) is 3.13. The molecule has 0 saturated carbocycles. The lowest BCUT2D eigenvalue weighted by Crippen LogP contribution is -2.40. The van der Waals surface area contributed by atoms with E-state index in [4.69, 9.17) is 0 Å². The summed E-state index contributed by atoms with van der Waals surface area (Å²) >= 11 is 0. The summed E-state index contributed by atoms with van der Waals surface area (Å²) in [5, 5.41) is 2.67. The highest BCUT2D eigenvalue weighted by atomic mass is 16.2. The molecule has 1 fully saturated rings. The number of aromatic nitrogens is 1. The van der Waals surface area contributed by atoms with Crippen LogP contribution < -0.4 is 10.2 Å². The Kier molecular flexibility index (Phi) is 2.88. The average Bonchev–Trinajstić information content (AvgIpc) is 2.47. The predicted octanol–water partition coefficient (Wildman–Crippen LogP) is 2.21. The van der Waals surface area contributed by atoms with Crippen molar-refractivity contribution in [3.8, 4) is 0 Å². The van der Waals surface area contributed by atoms with Gasteiger partial charge in [-0.2, -0.15) is 0 Å². The molecule has 1 saturated heterocycles. The van der Waals surface area contributed by atoms with E-state index in [9.17, 15) is 9.59 Å². The van der Waals surface area contributed by atoms with E-state index in [-0.39, 0.29) is 17.4 Å². The maximum atomic E-state index is 12.2. The minimum absolute atomic E-state index is 0.134. The lowest BCUT2D eigenvalue weighted by molar-refractivity contribution is -0.121. The summed E-state index contributed by atoms with van der Waals surface area (Å²) in [6, 6.07) is 3.08. The zero-order valence-corrected chi connectivity index (χ0v) is 11.9. The van der Waals surface area contributed by atoms with Crippen molar-refractivity contribution in [3.63, 3.8) is 0 Å². The van der Waals surface area contributed by atoms with Gasteiger partial charge in [-0.05, 0) is 26.0 Å². The van der Waals surface area contributed by atoms with Gasteiger partial charge in [-0.15, -0.1) is 0 Å². The van der Waals surface area contributed by atoms with E-state index in [1.165, 1.54) is 4.90 Å². The van der Waals surface area contributed by atoms with Crippen molar-refractivity contribution >= 4 is 17.6 Å². The van der Waals surface area contributed by atoms with E-state index in [0.717, 1.165) is 5.69 Å². The Hall–Kier alpha value is -1.91. The minimum Gasteiger partial charge on any atom is -0.323 e. The highest BCUT2D eigenvalue weighted by Crippen LogP contribution is 2.28. The first-order valence-corrected chi connectivity index (χ1v) is 6.26. The Bertz CT molecular complexity index is 544. The molecule has 0 spiro atoms. The Morgan fingerprint density at radius 1 is 1.26 bits per heavy atom. The van der Waals surface area contributed by atoms with Gasteiger partial charge in [0.05, 0.1) is 5.69 Å². The van der Waals surface area contributed by atoms with Crippen molar-refractivity contribution in [2.24, 2.45) is 0 Å². The Labute approximate surface area is 113 Å². The maximum Gasteiger partial charge on any atom is 0.329 e. The molecule has 0 bridgehead atoms. The smallest absolute Gasteiger partial charge is 0.323 e. The first kappa shape index (κ1) is 13.5. The van der Waals surface area contributed by atoms with Gasteiger partial charge in [0.15, 0.2) is 0 Å². The van der Waals surface area contributed by atoms with Crippen LogP contribution in [0.2, 0.25) is 0 Å². The monoisotopic (exact) mass is 261 g/mol. The molecule has 5 nitrogen and oxygen atoms in total. The van der Waals surface area contributed by atoms with Gasteiger partial charge in [-0.3, -0.25) is 9.78 Å². The highest BCUT2D eigenvalue weighted by molar-refractivity contribution is 6.23. The van der Waals surface area contributed by atoms with E-state index < -0.39 is 5.54 Å². The zero-order chi connectivity index (χ0) is 14.4. The number of carbonyl (C=O) groups is 2. The van der Waals surface area contributed by atoms with E-state index >= 15 is 0 Å². The molecule has 1 aliphatic rings. The second-order valence-electron chi connectivity index (χ2n) is 6.34. The third kappa shape index (κ3) is 2.32. The topological polar surface area (TPSA) is 62.3 Å². The molecular formula is C14H19N3O2. The fraction of sp³-hybridized carbons (Fsp3) is 0.500. The van der Waals surface area contributed by atoms with E-state index in [0.29, 0.717) is 5.69 Å². The van der Waals surface area contributed by atoms with Crippen molar-refractivity contribution in [3.05, 3.63) is 24.0 Å². The van der Waals surface area contributed by atoms with Crippen LogP contribution in [0.1, 0.15) is 40.3 Å². The van der Waals surface area contributed by atoms with Crippen LogP contribution in [0.15, 0.2) is 18.3 Å². The molecule has 2 rings (SSSR count). The van der Waals surface area contributed by atoms with Crippen LogP contribution in [0, 0.1) is 0 Å². The second kappa shape index (κ2) is 4.05. The number of hydrogen-bond acceptors (Lipinski definition) is 3. The van der Waals surface area contributed by atoms with Gasteiger partial charge in [0, 0.05) is 17.3 Å². The van der Waals surface area contributed by atoms with Crippen molar-refractivity contribution in [2.45, 2.75) is 45.6 Å². The van der Waals surface area contributed by atoms with Gasteiger partial charge < -0.3 is 5.32 Å². The number of imide groups is 1. The molecule has 1 aromatic heterocycles. The molecule has 0 radical (unpaired) electrons. The van der Waals surface area contributed by atoms with Crippen LogP contribution >= 0.6 is 0 Å². The molecule has 19 heavy (non-hydrogen) atoms. The maximum absolute atomic E-state index is 12.2. The number of urea groups is 1. The van der Waals surface area contributed by atoms with E-state index in [1.807, 2.05) is 20.8 Å². The van der Waals surface area contributed by atoms with Crippen LogP contribution in [-0.2, 0) is 10.2 Å². The molecule has 2 heterocycles. The van der Waals surface area contributed by atoms with Crippen molar-refractivity contribution in [1.82, 2.24) is 10.3 Å². The first-order valence-electron chi connectivity index (χ1n) is 6.26. The lowest BCUT2D eigenvalue weighted by Gasteiger charge is -2.21. The molecule has 1 aliphatic heterocycles. The Balaban J connectivity index is 2.44. The zero-order valence-electron chi connectivity index (χ0n) is 11.9. The quantitative estimate of drug-likeness (QED) is 0.788. The van der Waals surface area contributed by atoms with Gasteiger partial charge in [0.1, 0.15) is 5.54 Å². The summed E-state index contributed by atoms with van der Waals surface area (Å²) in [7, 11) is 0. The molecule has 3 amide bonds. The minimum atomic E-state index is -0.859. The number of hydrogen-bond donors (Lipinski definition) is 1. The summed E-state index contributed by atoms with van der Waals surface area (Å²) in [6.07, 6.45) is 1.63. The largest absolute Gasteiger partial charge is 0.329 e. The average molecular weight is 261 g/mol. The predicted molar refractivity (Wildman–Crippen MR) is 73.0 cm³/mol. The summed E-state index contributed by atoms with van der Waals surface area (Å²) in [5.41, 5.74) is 0.413. The second-order valence-corrected chi connectivity index (χ2v) is 6.34. The SMILES string of the molecule is CC1(C)NC(=O)N(c2ccnc(C(C)(C)C)c2)C1=O. The highest BCUT2D eigenvalue weighted by Gasteiger charge is 2.45. The van der Waals surface area contributed by atoms with Crippen LogP contribution in [0.3, 0.4) is 0 Å². The summed E-state index contributed by atoms with van der Waals surface area (Å²) < 4.78 is 0. The molecule has 0 atom stereocenters. The summed E-state index contributed by atoms with van der Waals surface area (Å²) in [4.78, 5) is 29.6. The fourth-order valence-electron chi connectivity index (χ4n) is 1.95. The molecular weight excluding hydrogens is 242 g/mol. The van der Waals surface area contributed by atoms with Crippen molar-refractivity contribution in [1.29, 1.82) is 0 Å². The number of nitrogens with zero attached hydrogens (tertiary/aromatic N) is 2. The van der Waals surface area contributed by atoms with Crippen molar-refractivity contribution < 1.29 is 9.59 Å². The molecule has 102 valence electrons. The number of nitrogens with one attached hydrogen (secondary N) is 1. The van der Waals surface area contributed by atoms with Crippen molar-refractivity contribution in [2.75, 3.05) is 4.90 Å². The summed E-state index contributed by atoms with van der Waals surface area (Å²) in [6.45, 7) is 9.50. The molecule has 1 N–H and O–H groups in total. The Morgan fingerprint density at radius 2 is 1.89 bits per heavy atom. The van der Waals surface area contributed by atoms with E-state index in [2.05, 4.69) is 10.3 Å². The lowest BCUT2D eigenvalue weighted by atomic mass is 9.91. The van der Waals surface area contributed by atoms with E-state index in [1.54, 1.807) is 32.2 Å². The van der Waals surface area contributed by atoms with Crippen LogP contribution in [-0.4, -0.2) is 22.5 Å². The molecule has 0 unspecified atom stereocenters. The molecule has 1 aromatic rings. The van der Waals surface area contributed by atoms with Crippen LogP contribution in [0.4, 0.5) is 10.5 Å². The number of rotatable bonds is 1. The standard InChI is InChI=1S/C14H19N3O2/c1-13(2,3)10-8-9(6-7-15-10)17-11(18)14(4,5)16-12(17)19/h6-8H,1-5H3,(H,16,19). The number of anilines is 1. The third-order valence-electron chi connectivity index (χ3n) is 3.13. The molecule has 0 aliphatic carbocycles. The van der Waals surface area contributed by atoms with Gasteiger partial charge in [-0.1, -0.05) is 20.8 Å². The number of pyridine rings is 1. The van der Waals surface area contributed by atoms with Gasteiger partial charge in [0.2, 0.25) is 0 Å². The number of amides is 3. The summed E-state index contributed by atoms with van der Waals surface area (Å²) in [5.74, 6) is -0.247. The fourth-order valence-corrected chi connectivity index (χ4v) is 1.95. The van der Waals surface area contributed by atoms with Gasteiger partial charge in [-0.25, -0.2) is 9.69 Å². The normalized spacial score (nSPS) is 18.7. The number of carbonyl (C=O) groups excluding carboxylic acids is 2.